The van der Waals surface area contributed by atoms with Crippen LogP contribution in [0.3, 0.4) is 0 Å². The minimum absolute atomic E-state index is 0.00456. The first kappa shape index (κ1) is 16.1. The molecule has 0 atom stereocenters. The number of aryl methyl sites for hydroxylation is 2. The second-order valence-corrected chi connectivity index (χ2v) is 6.75. The molecule has 0 fully saturated rings. The lowest BCUT2D eigenvalue weighted by molar-refractivity contribution is -0.120. The molecule has 0 spiro atoms. The Kier molecular flexibility index (Phi) is 4.44. The van der Waals surface area contributed by atoms with E-state index in [0.717, 1.165) is 42.2 Å². The van der Waals surface area contributed by atoms with E-state index in [4.69, 9.17) is 10.2 Å². The molecule has 0 saturated carbocycles. The smallest absolute Gasteiger partial charge is 0.224 e. The van der Waals surface area contributed by atoms with Crippen LogP contribution >= 0.6 is 0 Å². The zero-order chi connectivity index (χ0) is 16.4. The third-order valence-corrected chi connectivity index (χ3v) is 5.27. The Morgan fingerprint density at radius 1 is 1.26 bits per heavy atom. The van der Waals surface area contributed by atoms with E-state index in [1.165, 1.54) is 17.5 Å². The van der Waals surface area contributed by atoms with E-state index in [9.17, 15) is 4.79 Å². The average molecular weight is 314 g/mol. The summed E-state index contributed by atoms with van der Waals surface area (Å²) in [5, 5.41) is 4.05. The number of hydrogen-bond acceptors (Lipinski definition) is 3. The maximum absolute atomic E-state index is 12.3. The number of nitrogens with two attached hydrogens (primary N) is 1. The van der Waals surface area contributed by atoms with Crippen LogP contribution in [0.4, 0.5) is 0 Å². The van der Waals surface area contributed by atoms with Crippen molar-refractivity contribution in [2.24, 2.45) is 5.73 Å². The van der Waals surface area contributed by atoms with Gasteiger partial charge >= 0.3 is 0 Å². The van der Waals surface area contributed by atoms with Gasteiger partial charge in [0.05, 0.1) is 12.7 Å². The number of benzene rings is 1. The molecule has 1 aromatic heterocycles. The van der Waals surface area contributed by atoms with Crippen molar-refractivity contribution in [1.29, 1.82) is 0 Å². The second-order valence-electron chi connectivity index (χ2n) is 6.75. The Bertz CT molecular complexity index is 713. The van der Waals surface area contributed by atoms with Gasteiger partial charge in [-0.2, -0.15) is 0 Å². The molecule has 0 saturated heterocycles. The Hall–Kier alpha value is -1.81. The first-order valence-corrected chi connectivity index (χ1v) is 8.62. The van der Waals surface area contributed by atoms with Crippen LogP contribution in [-0.2, 0) is 24.1 Å². The molecule has 124 valence electrons. The summed E-state index contributed by atoms with van der Waals surface area (Å²) in [5.41, 5.74) is 10.6. The number of amides is 1. The monoisotopic (exact) mass is 314 g/mol. The van der Waals surface area contributed by atoms with Gasteiger partial charge in [-0.3, -0.25) is 4.79 Å². The lowest BCUT2D eigenvalue weighted by Gasteiger charge is -2.26. The number of carbonyl (C=O) groups is 1. The van der Waals surface area contributed by atoms with Crippen LogP contribution in [0.5, 0.6) is 0 Å². The van der Waals surface area contributed by atoms with Gasteiger partial charge in [-0.1, -0.05) is 13.8 Å². The number of furan rings is 1. The third kappa shape index (κ3) is 3.27. The van der Waals surface area contributed by atoms with Crippen molar-refractivity contribution in [1.82, 2.24) is 5.32 Å². The molecule has 1 heterocycles. The van der Waals surface area contributed by atoms with Crippen molar-refractivity contribution in [3.8, 4) is 0 Å². The third-order valence-electron chi connectivity index (χ3n) is 5.27. The van der Waals surface area contributed by atoms with Crippen LogP contribution in [0.15, 0.2) is 22.8 Å². The average Bonchev–Trinajstić information content (AvgIpc) is 3.17. The number of fused-ring (bicyclic) bond motifs is 2. The molecule has 3 N–H and O–H groups in total. The van der Waals surface area contributed by atoms with Crippen molar-refractivity contribution in [2.45, 2.75) is 57.9 Å². The minimum Gasteiger partial charge on any atom is -0.464 e. The highest BCUT2D eigenvalue weighted by Crippen LogP contribution is 2.30. The number of rotatable bonds is 6. The first-order chi connectivity index (χ1) is 11.0. The minimum atomic E-state index is -0.311. The van der Waals surface area contributed by atoms with E-state index in [1.807, 2.05) is 0 Å². The largest absolute Gasteiger partial charge is 0.464 e. The van der Waals surface area contributed by atoms with Crippen molar-refractivity contribution in [3.05, 3.63) is 35.1 Å². The van der Waals surface area contributed by atoms with Crippen LogP contribution in [0.2, 0.25) is 0 Å². The van der Waals surface area contributed by atoms with Gasteiger partial charge in [0.25, 0.3) is 0 Å². The van der Waals surface area contributed by atoms with Gasteiger partial charge in [0.1, 0.15) is 5.58 Å². The molecule has 0 aliphatic heterocycles. The van der Waals surface area contributed by atoms with Crippen molar-refractivity contribution < 1.29 is 9.21 Å². The number of carbonyl (C=O) groups excluding carboxylic acids is 1. The van der Waals surface area contributed by atoms with Crippen LogP contribution in [0.1, 0.15) is 49.8 Å². The Balaban J connectivity index is 1.70. The summed E-state index contributed by atoms with van der Waals surface area (Å²) >= 11 is 0. The Morgan fingerprint density at radius 3 is 2.65 bits per heavy atom. The molecular weight excluding hydrogens is 288 g/mol. The van der Waals surface area contributed by atoms with E-state index < -0.39 is 0 Å². The van der Waals surface area contributed by atoms with Gasteiger partial charge in [0, 0.05) is 23.0 Å². The zero-order valence-electron chi connectivity index (χ0n) is 14.1. The van der Waals surface area contributed by atoms with E-state index >= 15 is 0 Å². The molecule has 3 rings (SSSR count). The highest BCUT2D eigenvalue weighted by Gasteiger charge is 2.21. The van der Waals surface area contributed by atoms with Crippen LogP contribution < -0.4 is 11.1 Å². The summed E-state index contributed by atoms with van der Waals surface area (Å²) in [7, 11) is 0. The molecule has 23 heavy (non-hydrogen) atoms. The van der Waals surface area contributed by atoms with Crippen molar-refractivity contribution >= 4 is 16.9 Å². The Morgan fingerprint density at radius 2 is 1.96 bits per heavy atom. The summed E-state index contributed by atoms with van der Waals surface area (Å²) < 4.78 is 5.66. The maximum atomic E-state index is 12.3. The second kappa shape index (κ2) is 6.36. The molecule has 1 amide bonds. The van der Waals surface area contributed by atoms with Gasteiger partial charge < -0.3 is 15.5 Å². The Labute approximate surface area is 137 Å². The first-order valence-electron chi connectivity index (χ1n) is 8.62. The quantitative estimate of drug-likeness (QED) is 0.861. The maximum Gasteiger partial charge on any atom is 0.224 e. The molecule has 4 heteroatoms. The molecule has 0 bridgehead atoms. The number of hydrogen-bond donors (Lipinski definition) is 2. The topological polar surface area (TPSA) is 68.3 Å². The van der Waals surface area contributed by atoms with Crippen molar-refractivity contribution in [3.63, 3.8) is 0 Å². The van der Waals surface area contributed by atoms with E-state index in [-0.39, 0.29) is 11.4 Å². The standard InChI is InChI=1S/C19H26N2O2/c1-3-19(20,4-2)12-21-18(22)10-15-11-23-17-9-14-7-5-6-13(14)8-16(15)17/h8-9,11H,3-7,10,12,20H2,1-2H3,(H,21,22). The zero-order valence-corrected chi connectivity index (χ0v) is 14.1. The predicted molar refractivity (Wildman–Crippen MR) is 92.5 cm³/mol. The van der Waals surface area contributed by atoms with Crippen LogP contribution in [0, 0.1) is 0 Å². The summed E-state index contributed by atoms with van der Waals surface area (Å²) in [6.07, 6.45) is 7.24. The fourth-order valence-electron chi connectivity index (χ4n) is 3.30. The lowest BCUT2D eigenvalue weighted by atomic mass is 9.94. The van der Waals surface area contributed by atoms with Gasteiger partial charge in [-0.25, -0.2) is 0 Å². The summed E-state index contributed by atoms with van der Waals surface area (Å²) in [4.78, 5) is 12.3. The van der Waals surface area contributed by atoms with E-state index in [2.05, 4.69) is 31.3 Å². The molecule has 1 aliphatic rings. The molecule has 0 unspecified atom stereocenters. The lowest BCUT2D eigenvalue weighted by Crippen LogP contribution is -2.49. The molecule has 2 aromatic rings. The van der Waals surface area contributed by atoms with Gasteiger partial charge in [0.2, 0.25) is 5.91 Å². The SMILES string of the molecule is CCC(N)(CC)CNC(=O)Cc1coc2cc3c(cc12)CCC3. The molecular formula is C19H26N2O2. The van der Waals surface area contributed by atoms with Crippen LogP contribution in [0.25, 0.3) is 11.0 Å². The van der Waals surface area contributed by atoms with Gasteiger partial charge in [0.15, 0.2) is 0 Å². The van der Waals surface area contributed by atoms with Crippen molar-refractivity contribution in [2.75, 3.05) is 6.54 Å². The molecule has 1 aliphatic carbocycles. The highest BCUT2D eigenvalue weighted by molar-refractivity contribution is 5.88. The summed E-state index contributed by atoms with van der Waals surface area (Å²) in [6.45, 7) is 4.63. The van der Waals surface area contributed by atoms with Gasteiger partial charge in [-0.05, 0) is 55.4 Å². The van der Waals surface area contributed by atoms with E-state index in [1.54, 1.807) is 6.26 Å². The summed E-state index contributed by atoms with van der Waals surface area (Å²) in [5.74, 6) is 0.00456. The molecule has 0 radical (unpaired) electrons. The predicted octanol–water partition coefficient (Wildman–Crippen LogP) is 3.10. The fraction of sp³-hybridized carbons (Fsp3) is 0.526. The molecule has 4 nitrogen and oxygen atoms in total. The normalized spacial score (nSPS) is 14.2. The number of nitrogens with one attached hydrogen (secondary N) is 1. The fourth-order valence-corrected chi connectivity index (χ4v) is 3.30. The molecule has 1 aromatic carbocycles. The van der Waals surface area contributed by atoms with Gasteiger partial charge in [-0.15, -0.1) is 0 Å². The summed E-state index contributed by atoms with van der Waals surface area (Å²) in [6, 6.07) is 4.34. The van der Waals surface area contributed by atoms with E-state index in [0.29, 0.717) is 13.0 Å². The van der Waals surface area contributed by atoms with Crippen LogP contribution in [-0.4, -0.2) is 18.0 Å². The highest BCUT2D eigenvalue weighted by atomic mass is 16.3.